The number of nitrogens with zero attached hydrogens (tertiary/aromatic N) is 6. The summed E-state index contributed by atoms with van der Waals surface area (Å²) < 4.78 is 75.3. The lowest BCUT2D eigenvalue weighted by Crippen LogP contribution is -2.50. The fourth-order valence-corrected chi connectivity index (χ4v) is 11.8. The van der Waals surface area contributed by atoms with Crippen molar-refractivity contribution in [1.29, 1.82) is 5.26 Å². The highest BCUT2D eigenvalue weighted by molar-refractivity contribution is 6.34. The minimum Gasteiger partial charge on any atom is -0.507 e. The molecule has 0 radical (unpaired) electrons. The third-order valence-corrected chi connectivity index (χ3v) is 15.8. The number of hydrogen-bond donors (Lipinski definition) is 5. The Bertz CT molecular complexity index is 3490. The van der Waals surface area contributed by atoms with E-state index in [1.54, 1.807) is 11.9 Å². The number of hydrogen-bond acceptors (Lipinski definition) is 12. The van der Waals surface area contributed by atoms with Crippen molar-refractivity contribution in [3.05, 3.63) is 134 Å². The number of piperazine rings is 1. The Balaban J connectivity index is 0.867. The summed E-state index contributed by atoms with van der Waals surface area (Å²) in [6.07, 6.45) is 0.407. The van der Waals surface area contributed by atoms with Crippen LogP contribution in [0, 0.1) is 51.9 Å². The molecule has 1 saturated heterocycles. The van der Waals surface area contributed by atoms with Crippen LogP contribution in [0.3, 0.4) is 0 Å². The number of nitriles is 1. The van der Waals surface area contributed by atoms with E-state index < -0.39 is 86.6 Å². The highest BCUT2D eigenvalue weighted by atomic mass is 35.5. The maximum absolute atomic E-state index is 16.5. The molecule has 0 spiro atoms. The SMILES string of the molecule is COc1cc(C(=O)NCCOCCN(C)C(=O)CCNc2nc(N3CCN(C(N)=O)CC3)c3cc(Cl)c(-c4c(O)cccc4F)c(F)c3n2)ccc1NC(=O)[C@@H]1C[C@@H](CC(C)(C)C)[C@](C#N)(c2ccc(Cl)cc2F)[C@H]1c1cccc(Cl)c1F. The van der Waals surface area contributed by atoms with Gasteiger partial charge in [-0.25, -0.2) is 27.3 Å². The van der Waals surface area contributed by atoms with Crippen molar-refractivity contribution in [2.75, 3.05) is 88.7 Å². The number of methoxy groups -OCH3 is 1. The minimum absolute atomic E-state index is 0.0145. The fourth-order valence-electron chi connectivity index (χ4n) is 11.1. The number of primary amides is 1. The molecule has 8 rings (SSSR count). The van der Waals surface area contributed by atoms with Crippen molar-refractivity contribution in [1.82, 2.24) is 25.1 Å². The first kappa shape index (κ1) is 61.4. The standard InChI is InChI=1S/C59H61Cl3F4N10O7/c1-58(2,3)30-33-27-36(49(35-8-6-9-39(61)50(35)65)59(33,31-67)38-14-13-34(60)28-42(38)64)55(80)71-43-15-12-32(26-45(43)82-5)54(79)69-18-24-83-25-23-74(4)46(78)16-17-70-57-72-52-37(53(73-57)75-19-21-76(22-20-75)56(68)81)29-40(62)47(51(52)66)48-41(63)10-7-11-44(48)77/h6-15,26,28-29,33,36,49,77H,16-25,27,30H2,1-5H3,(H2,68,81)(H,69,79)(H,71,80)(H,70,72,73)/t33-,36+,49-,59+/m0/s1. The van der Waals surface area contributed by atoms with E-state index in [0.717, 1.165) is 12.1 Å². The average Bonchev–Trinajstić information content (AvgIpc) is 1.85. The lowest BCUT2D eigenvalue weighted by molar-refractivity contribution is -0.130. The van der Waals surface area contributed by atoms with Crippen LogP contribution in [0.25, 0.3) is 22.0 Å². The zero-order chi connectivity index (χ0) is 60.1. The monoisotopic (exact) mass is 1200 g/mol. The van der Waals surface area contributed by atoms with Crippen molar-refractivity contribution in [3.63, 3.8) is 0 Å². The average molecular weight is 1200 g/mol. The predicted molar refractivity (Wildman–Crippen MR) is 309 cm³/mol. The van der Waals surface area contributed by atoms with Gasteiger partial charge in [-0.1, -0.05) is 79.8 Å². The highest BCUT2D eigenvalue weighted by Crippen LogP contribution is 2.61. The number of urea groups is 1. The molecule has 1 saturated carbocycles. The smallest absolute Gasteiger partial charge is 0.314 e. The maximum Gasteiger partial charge on any atom is 0.314 e. The fraction of sp³-hybridized carbons (Fsp3) is 0.373. The number of nitrogens with one attached hydrogen (secondary N) is 3. The molecule has 6 aromatic rings. The number of ether oxygens (including phenoxy) is 2. The normalized spacial score (nSPS) is 17.9. The largest absolute Gasteiger partial charge is 0.507 e. The van der Waals surface area contributed by atoms with Gasteiger partial charge in [0.2, 0.25) is 17.8 Å². The maximum atomic E-state index is 16.5. The van der Waals surface area contributed by atoms with E-state index in [2.05, 4.69) is 32.0 Å². The van der Waals surface area contributed by atoms with Crippen molar-refractivity contribution < 1.29 is 51.3 Å². The predicted octanol–water partition coefficient (Wildman–Crippen LogP) is 10.7. The lowest BCUT2D eigenvalue weighted by atomic mass is 9.62. The molecule has 24 heteroatoms. The number of aromatic hydroxyl groups is 1. The number of anilines is 3. The molecule has 5 aromatic carbocycles. The Morgan fingerprint density at radius 3 is 2.30 bits per heavy atom. The second-order valence-electron chi connectivity index (χ2n) is 21.6. The summed E-state index contributed by atoms with van der Waals surface area (Å²) in [6.45, 7) is 7.44. The van der Waals surface area contributed by atoms with E-state index in [-0.39, 0.29) is 144 Å². The first-order chi connectivity index (χ1) is 39.5. The van der Waals surface area contributed by atoms with Crippen LogP contribution in [0.5, 0.6) is 11.5 Å². The van der Waals surface area contributed by atoms with Gasteiger partial charge < -0.3 is 51.0 Å². The van der Waals surface area contributed by atoms with Gasteiger partial charge in [-0.05, 0) is 84.3 Å². The summed E-state index contributed by atoms with van der Waals surface area (Å²) in [5, 5.41) is 30.3. The van der Waals surface area contributed by atoms with Gasteiger partial charge in [0.05, 0.1) is 53.1 Å². The first-order valence-electron chi connectivity index (χ1n) is 26.6. The number of carbonyl (C=O) groups excluding carboxylic acids is 4. The first-order valence-corrected chi connectivity index (χ1v) is 27.7. The van der Waals surface area contributed by atoms with Gasteiger partial charge in [0.15, 0.2) is 5.82 Å². The summed E-state index contributed by atoms with van der Waals surface area (Å²) in [5.74, 6) is -8.02. The van der Waals surface area contributed by atoms with E-state index >= 15 is 17.6 Å². The van der Waals surface area contributed by atoms with Gasteiger partial charge in [-0.3, -0.25) is 14.4 Å². The minimum atomic E-state index is -1.75. The zero-order valence-corrected chi connectivity index (χ0v) is 48.3. The number of benzene rings is 5. The van der Waals surface area contributed by atoms with E-state index in [0.29, 0.717) is 6.42 Å². The molecule has 2 fully saturated rings. The van der Waals surface area contributed by atoms with E-state index in [4.69, 9.17) is 50.0 Å². The summed E-state index contributed by atoms with van der Waals surface area (Å²) in [4.78, 5) is 66.8. The molecule has 17 nitrogen and oxygen atoms in total. The van der Waals surface area contributed by atoms with Crippen LogP contribution in [-0.4, -0.2) is 122 Å². The van der Waals surface area contributed by atoms with Crippen molar-refractivity contribution in [3.8, 4) is 28.7 Å². The third-order valence-electron chi connectivity index (χ3n) is 15.0. The van der Waals surface area contributed by atoms with Crippen molar-refractivity contribution in [2.24, 2.45) is 23.0 Å². The van der Waals surface area contributed by atoms with E-state index in [1.807, 2.05) is 20.8 Å². The number of fused-ring (bicyclic) bond motifs is 1. The van der Waals surface area contributed by atoms with Gasteiger partial charge in [-0.2, -0.15) is 10.2 Å². The molecular formula is C59H61Cl3F4N10O7. The van der Waals surface area contributed by atoms with Gasteiger partial charge >= 0.3 is 6.03 Å². The molecular weight excluding hydrogens is 1140 g/mol. The molecule has 83 heavy (non-hydrogen) atoms. The summed E-state index contributed by atoms with van der Waals surface area (Å²) in [6, 6.07) is 19.4. The number of rotatable bonds is 19. The number of phenols is 1. The van der Waals surface area contributed by atoms with Crippen LogP contribution in [0.4, 0.5) is 39.8 Å². The number of amides is 5. The van der Waals surface area contributed by atoms with Crippen LogP contribution in [0.1, 0.15) is 67.4 Å². The molecule has 1 aromatic heterocycles. The molecule has 6 N–H and O–H groups in total. The Morgan fingerprint density at radius 1 is 0.892 bits per heavy atom. The van der Waals surface area contributed by atoms with Gasteiger partial charge in [0, 0.05) is 98.2 Å². The molecule has 2 aliphatic rings. The molecule has 5 amide bonds. The number of likely N-dealkylation sites (N-methyl/N-ethyl adjacent to an activating group) is 1. The highest BCUT2D eigenvalue weighted by Gasteiger charge is 2.61. The van der Waals surface area contributed by atoms with Crippen LogP contribution < -0.4 is 31.3 Å². The summed E-state index contributed by atoms with van der Waals surface area (Å²) in [5.41, 5.74) is 2.59. The third kappa shape index (κ3) is 13.3. The second kappa shape index (κ2) is 25.9. The number of nitrogens with two attached hydrogens (primary N) is 1. The second-order valence-corrected chi connectivity index (χ2v) is 22.8. The Labute approximate surface area is 492 Å². The summed E-state index contributed by atoms with van der Waals surface area (Å²) in [7, 11) is 2.94. The lowest BCUT2D eigenvalue weighted by Gasteiger charge is -2.38. The number of halogens is 7. The van der Waals surface area contributed by atoms with Crippen molar-refractivity contribution in [2.45, 2.75) is 51.4 Å². The van der Waals surface area contributed by atoms with E-state index in [1.165, 1.54) is 83.6 Å². The molecule has 1 aliphatic carbocycles. The number of aromatic nitrogens is 2. The summed E-state index contributed by atoms with van der Waals surface area (Å²) >= 11 is 19.1. The number of phenolic OH excluding ortho intramolecular Hbond substituents is 1. The number of carbonyl (C=O) groups is 4. The molecule has 1 aliphatic heterocycles. The molecule has 2 heterocycles. The van der Waals surface area contributed by atoms with Crippen LogP contribution in [-0.2, 0) is 19.7 Å². The Morgan fingerprint density at radius 2 is 1.63 bits per heavy atom. The Kier molecular flexibility index (Phi) is 19.2. The molecule has 0 bridgehead atoms. The van der Waals surface area contributed by atoms with Gasteiger partial charge in [0.25, 0.3) is 5.91 Å². The topological polar surface area (TPSA) is 228 Å². The van der Waals surface area contributed by atoms with Crippen molar-refractivity contribution >= 4 is 86.9 Å². The van der Waals surface area contributed by atoms with Crippen LogP contribution >= 0.6 is 34.8 Å². The Hall–Kier alpha value is -7.64. The van der Waals surface area contributed by atoms with Crippen LogP contribution in [0.15, 0.2) is 78.9 Å². The van der Waals surface area contributed by atoms with Crippen LogP contribution in [0.2, 0.25) is 15.1 Å². The molecule has 4 atom stereocenters. The van der Waals surface area contributed by atoms with Gasteiger partial charge in [0.1, 0.15) is 40.3 Å². The molecule has 438 valence electrons. The molecule has 0 unspecified atom stereocenters. The zero-order valence-electron chi connectivity index (χ0n) is 46.0. The van der Waals surface area contributed by atoms with E-state index in [9.17, 15) is 29.5 Å². The van der Waals surface area contributed by atoms with Gasteiger partial charge in [-0.15, -0.1) is 0 Å². The quantitative estimate of drug-likeness (QED) is 0.0377.